The number of rotatable bonds is 6. The van der Waals surface area contributed by atoms with Crippen molar-refractivity contribution >= 4 is 39.5 Å². The summed E-state index contributed by atoms with van der Waals surface area (Å²) in [5.74, 6) is -4.54. The molecule has 0 heterocycles. The van der Waals surface area contributed by atoms with Gasteiger partial charge in [-0.05, 0) is 33.7 Å². The molecule has 8 nitrogen and oxygen atoms in total. The van der Waals surface area contributed by atoms with Crippen molar-refractivity contribution in [2.24, 2.45) is 0 Å². The van der Waals surface area contributed by atoms with Gasteiger partial charge in [0.15, 0.2) is 6.61 Å². The molecule has 0 amide bonds. The number of carboxylic acids is 2. The highest BCUT2D eigenvalue weighted by Gasteiger charge is 2.23. The van der Waals surface area contributed by atoms with E-state index in [-0.39, 0.29) is 28.7 Å². The van der Waals surface area contributed by atoms with E-state index in [9.17, 15) is 29.7 Å². The fourth-order valence-electron chi connectivity index (χ4n) is 3.88. The Hall–Kier alpha value is -4.59. The van der Waals surface area contributed by atoms with E-state index < -0.39 is 36.0 Å². The number of hydrogen-bond donors (Lipinski definition) is 4. The number of phenols is 2. The number of aromatic carboxylic acids is 1. The molecule has 166 valence electrons. The van der Waals surface area contributed by atoms with Crippen molar-refractivity contribution in [2.75, 3.05) is 6.61 Å². The van der Waals surface area contributed by atoms with E-state index in [1.807, 2.05) is 0 Å². The number of ether oxygens (including phenoxy) is 1. The molecule has 0 aromatic heterocycles. The van der Waals surface area contributed by atoms with Gasteiger partial charge < -0.3 is 25.2 Å². The summed E-state index contributed by atoms with van der Waals surface area (Å²) >= 11 is 0. The van der Waals surface area contributed by atoms with Gasteiger partial charge in [0.1, 0.15) is 22.6 Å². The van der Waals surface area contributed by atoms with Crippen molar-refractivity contribution in [3.63, 3.8) is 0 Å². The number of phenolic OH excluding ortho intramolecular Hbond substituents is 1. The fourth-order valence-corrected chi connectivity index (χ4v) is 3.88. The minimum absolute atomic E-state index is 0.0974. The maximum Gasteiger partial charge on any atom is 0.342 e. The molecule has 0 aliphatic carbocycles. The van der Waals surface area contributed by atoms with Gasteiger partial charge in [-0.25, -0.2) is 14.4 Å². The number of carboxylic acid groups (broad SMARTS) is 2. The van der Waals surface area contributed by atoms with Gasteiger partial charge in [-0.1, -0.05) is 48.5 Å². The van der Waals surface area contributed by atoms with Crippen LogP contribution in [0.3, 0.4) is 0 Å². The summed E-state index contributed by atoms with van der Waals surface area (Å²) in [6, 6.07) is 16.6. The Morgan fingerprint density at radius 3 is 1.73 bits per heavy atom. The highest BCUT2D eigenvalue weighted by Crippen LogP contribution is 2.39. The second kappa shape index (κ2) is 8.51. The molecule has 0 atom stereocenters. The van der Waals surface area contributed by atoms with Crippen molar-refractivity contribution in [1.29, 1.82) is 0 Å². The van der Waals surface area contributed by atoms with Crippen LogP contribution in [0, 0.1) is 0 Å². The molecule has 4 aromatic carbocycles. The largest absolute Gasteiger partial charge is 0.507 e. The van der Waals surface area contributed by atoms with Crippen LogP contribution in [-0.2, 0) is 16.0 Å². The Bertz CT molecular complexity index is 1440. The van der Waals surface area contributed by atoms with E-state index in [1.165, 1.54) is 12.1 Å². The molecular formula is C25H18O8. The average molecular weight is 446 g/mol. The number of esters is 1. The van der Waals surface area contributed by atoms with Crippen molar-refractivity contribution in [3.8, 4) is 11.5 Å². The van der Waals surface area contributed by atoms with Gasteiger partial charge in [-0.2, -0.15) is 0 Å². The summed E-state index contributed by atoms with van der Waals surface area (Å²) in [5.41, 5.74) is 0.00743. The van der Waals surface area contributed by atoms with Crippen LogP contribution < -0.4 is 0 Å². The Morgan fingerprint density at radius 1 is 0.727 bits per heavy atom. The van der Waals surface area contributed by atoms with Crippen molar-refractivity contribution < 1.29 is 39.5 Å². The molecule has 0 fully saturated rings. The van der Waals surface area contributed by atoms with Gasteiger partial charge in [-0.15, -0.1) is 0 Å². The van der Waals surface area contributed by atoms with Crippen LogP contribution in [0.1, 0.15) is 31.8 Å². The average Bonchev–Trinajstić information content (AvgIpc) is 2.80. The van der Waals surface area contributed by atoms with Crippen molar-refractivity contribution in [3.05, 3.63) is 82.9 Å². The third-order valence-electron chi connectivity index (χ3n) is 5.38. The lowest BCUT2D eigenvalue weighted by atomic mass is 9.90. The number of aromatic hydroxyl groups is 2. The highest BCUT2D eigenvalue weighted by molar-refractivity contribution is 6.03. The second-order valence-electron chi connectivity index (χ2n) is 7.40. The zero-order valence-electron chi connectivity index (χ0n) is 17.1. The Balaban J connectivity index is 1.94. The third kappa shape index (κ3) is 4.01. The summed E-state index contributed by atoms with van der Waals surface area (Å²) in [7, 11) is 0. The van der Waals surface area contributed by atoms with E-state index >= 15 is 0 Å². The van der Waals surface area contributed by atoms with Crippen LogP contribution in [0.15, 0.2) is 60.7 Å². The maximum absolute atomic E-state index is 12.5. The lowest BCUT2D eigenvalue weighted by Gasteiger charge is -2.16. The maximum atomic E-state index is 12.5. The van der Waals surface area contributed by atoms with Crippen LogP contribution in [0.25, 0.3) is 21.5 Å². The number of aliphatic carboxylic acids is 1. The summed E-state index contributed by atoms with van der Waals surface area (Å²) in [5, 5.41) is 42.4. The van der Waals surface area contributed by atoms with Gasteiger partial charge in [0, 0.05) is 17.5 Å². The molecule has 0 bridgehead atoms. The normalized spacial score (nSPS) is 10.9. The predicted molar refractivity (Wildman–Crippen MR) is 119 cm³/mol. The molecule has 4 aromatic rings. The minimum Gasteiger partial charge on any atom is -0.507 e. The first-order valence-electron chi connectivity index (χ1n) is 9.87. The fraction of sp³-hybridized carbons (Fsp3) is 0.0800. The molecule has 8 heteroatoms. The van der Waals surface area contributed by atoms with Gasteiger partial charge in [0.05, 0.1) is 0 Å². The number of benzene rings is 4. The van der Waals surface area contributed by atoms with Crippen LogP contribution in [-0.4, -0.2) is 44.9 Å². The lowest BCUT2D eigenvalue weighted by molar-refractivity contribution is -0.140. The summed E-state index contributed by atoms with van der Waals surface area (Å²) < 4.78 is 4.74. The number of carbonyl (C=O) groups excluding carboxylic acids is 1. The summed E-state index contributed by atoms with van der Waals surface area (Å²) in [6.07, 6.45) is -0.0974. The molecular weight excluding hydrogens is 428 g/mol. The minimum atomic E-state index is -1.34. The monoisotopic (exact) mass is 446 g/mol. The van der Waals surface area contributed by atoms with Crippen molar-refractivity contribution in [1.82, 2.24) is 0 Å². The van der Waals surface area contributed by atoms with Crippen LogP contribution in [0.5, 0.6) is 11.5 Å². The zero-order chi connectivity index (χ0) is 23.7. The van der Waals surface area contributed by atoms with Gasteiger partial charge >= 0.3 is 17.9 Å². The Morgan fingerprint density at radius 2 is 1.21 bits per heavy atom. The standard InChI is InChI=1S/C25H18O8/c26-21(27)12-33-25(32)20-10-14-6-2-4-8-16(14)18(23(20)29)11-17-15-7-3-1-5-13(15)9-19(22(17)28)24(30)31/h1-10,28-29H,11-12H2,(H,26,27)(H,30,31). The van der Waals surface area contributed by atoms with E-state index in [1.54, 1.807) is 48.5 Å². The highest BCUT2D eigenvalue weighted by atomic mass is 16.5. The van der Waals surface area contributed by atoms with Crippen LogP contribution in [0.4, 0.5) is 0 Å². The molecule has 0 saturated carbocycles. The predicted octanol–water partition coefficient (Wildman–Crippen LogP) is 3.93. The molecule has 0 radical (unpaired) electrons. The molecule has 0 unspecified atom stereocenters. The first kappa shape index (κ1) is 21.6. The van der Waals surface area contributed by atoms with Gasteiger partial charge in [0.25, 0.3) is 0 Å². The molecule has 33 heavy (non-hydrogen) atoms. The van der Waals surface area contributed by atoms with E-state index in [4.69, 9.17) is 9.84 Å². The molecule has 0 spiro atoms. The Kier molecular flexibility index (Phi) is 5.58. The molecule has 0 saturated heterocycles. The molecule has 0 aliphatic rings. The topological polar surface area (TPSA) is 141 Å². The van der Waals surface area contributed by atoms with Gasteiger partial charge in [0.2, 0.25) is 0 Å². The van der Waals surface area contributed by atoms with Crippen LogP contribution >= 0.6 is 0 Å². The zero-order valence-corrected chi connectivity index (χ0v) is 17.1. The first-order valence-corrected chi connectivity index (χ1v) is 9.87. The second-order valence-corrected chi connectivity index (χ2v) is 7.40. The van der Waals surface area contributed by atoms with E-state index in [2.05, 4.69) is 0 Å². The van der Waals surface area contributed by atoms with E-state index in [0.29, 0.717) is 21.5 Å². The van der Waals surface area contributed by atoms with Crippen LogP contribution in [0.2, 0.25) is 0 Å². The van der Waals surface area contributed by atoms with Crippen molar-refractivity contribution in [2.45, 2.75) is 6.42 Å². The summed E-state index contributed by atoms with van der Waals surface area (Å²) in [4.78, 5) is 34.9. The quantitative estimate of drug-likeness (QED) is 0.327. The van der Waals surface area contributed by atoms with Gasteiger partial charge in [-0.3, -0.25) is 0 Å². The number of hydrogen-bond acceptors (Lipinski definition) is 6. The Labute approximate surface area is 186 Å². The number of fused-ring (bicyclic) bond motifs is 2. The molecule has 0 aliphatic heterocycles. The molecule has 4 rings (SSSR count). The third-order valence-corrected chi connectivity index (χ3v) is 5.38. The molecule has 4 N–H and O–H groups in total. The summed E-state index contributed by atoms with van der Waals surface area (Å²) in [6.45, 7) is -0.869. The smallest absolute Gasteiger partial charge is 0.342 e. The van der Waals surface area contributed by atoms with E-state index in [0.717, 1.165) is 0 Å². The lowest BCUT2D eigenvalue weighted by Crippen LogP contribution is -2.14. The first-order chi connectivity index (χ1) is 15.8. The SMILES string of the molecule is O=C(O)COC(=O)c1cc2ccccc2c(Cc2c(O)c(C(=O)O)cc3ccccc23)c1O. The number of carbonyl (C=O) groups is 3.